The minimum atomic E-state index is -2.78. The van der Waals surface area contributed by atoms with Crippen molar-refractivity contribution in [1.82, 2.24) is 4.98 Å². The molecular formula is C23H26BN3O3. The number of Topliss-reactive ketones (excluding diaryl/α,β-unsaturated/α-hetero) is 1. The number of nitrogens with two attached hydrogens (primary N) is 1. The molecule has 0 spiro atoms. The summed E-state index contributed by atoms with van der Waals surface area (Å²) in [5, 5.41) is 23.4. The summed E-state index contributed by atoms with van der Waals surface area (Å²) in [5.41, 5.74) is 8.87. The topological polar surface area (TPSA) is 96.4 Å². The summed E-state index contributed by atoms with van der Waals surface area (Å²) < 4.78 is -0.0386. The molecule has 154 valence electrons. The number of pyridine rings is 1. The van der Waals surface area contributed by atoms with Gasteiger partial charge in [-0.15, -0.1) is 0 Å². The van der Waals surface area contributed by atoms with Crippen LogP contribution in [0, 0.1) is 0 Å². The molecule has 1 aliphatic heterocycles. The molecule has 0 fully saturated rings. The van der Waals surface area contributed by atoms with Gasteiger partial charge in [0.2, 0.25) is 0 Å². The number of benzene rings is 2. The highest BCUT2D eigenvalue weighted by atomic mass is 16.4. The van der Waals surface area contributed by atoms with Gasteiger partial charge in [0.15, 0.2) is 0 Å². The van der Waals surface area contributed by atoms with E-state index in [1.54, 1.807) is 44.8 Å². The second-order valence-electron chi connectivity index (χ2n) is 8.56. The van der Waals surface area contributed by atoms with E-state index in [0.29, 0.717) is 11.0 Å². The average Bonchev–Trinajstić information content (AvgIpc) is 2.72. The van der Waals surface area contributed by atoms with Gasteiger partial charge in [0.25, 0.3) is 0 Å². The molecule has 1 aromatic heterocycles. The van der Waals surface area contributed by atoms with E-state index in [-0.39, 0.29) is 23.1 Å². The van der Waals surface area contributed by atoms with Gasteiger partial charge in [0, 0.05) is 44.8 Å². The van der Waals surface area contributed by atoms with Gasteiger partial charge in [-0.05, 0) is 34.2 Å². The van der Waals surface area contributed by atoms with E-state index in [2.05, 4.69) is 4.98 Å². The van der Waals surface area contributed by atoms with Gasteiger partial charge in [-0.25, -0.2) is 0 Å². The Kier molecular flexibility index (Phi) is 5.07. The van der Waals surface area contributed by atoms with Crippen LogP contribution in [0.4, 0.5) is 0 Å². The third kappa shape index (κ3) is 3.46. The Balaban J connectivity index is 1.61. The predicted molar refractivity (Wildman–Crippen MR) is 120 cm³/mol. The van der Waals surface area contributed by atoms with Crippen molar-refractivity contribution in [3.63, 3.8) is 0 Å². The van der Waals surface area contributed by atoms with Crippen LogP contribution in [0.2, 0.25) is 0 Å². The van der Waals surface area contributed by atoms with E-state index in [4.69, 9.17) is 5.73 Å². The maximum atomic E-state index is 13.1. The van der Waals surface area contributed by atoms with Crippen molar-refractivity contribution in [1.29, 1.82) is 0 Å². The van der Waals surface area contributed by atoms with Gasteiger partial charge in [-0.2, -0.15) is 0 Å². The lowest BCUT2D eigenvalue weighted by Gasteiger charge is -2.47. The van der Waals surface area contributed by atoms with E-state index >= 15 is 0 Å². The van der Waals surface area contributed by atoms with E-state index in [0.717, 1.165) is 21.9 Å². The number of carbonyl (C=O) groups is 1. The number of fused-ring (bicyclic) bond motifs is 2. The van der Waals surface area contributed by atoms with Crippen molar-refractivity contribution in [3.8, 4) is 0 Å². The molecule has 3 aromatic rings. The zero-order chi connectivity index (χ0) is 21.5. The number of ketones is 1. The highest BCUT2D eigenvalue weighted by Crippen LogP contribution is 2.26. The Hall–Kier alpha value is -2.84. The molecule has 30 heavy (non-hydrogen) atoms. The first-order valence-corrected chi connectivity index (χ1v) is 10.0. The molecule has 7 heteroatoms. The third-order valence-corrected chi connectivity index (χ3v) is 6.20. The van der Waals surface area contributed by atoms with Gasteiger partial charge in [0.1, 0.15) is 5.78 Å². The Morgan fingerprint density at radius 3 is 2.70 bits per heavy atom. The number of carbonyl (C=O) groups excluding carboxylic acids is 1. The highest BCUT2D eigenvalue weighted by molar-refractivity contribution is 6.73. The zero-order valence-corrected chi connectivity index (χ0v) is 17.2. The number of hydrogen-bond acceptors (Lipinski definition) is 5. The smallest absolute Gasteiger partial charge is 0.502 e. The third-order valence-electron chi connectivity index (χ3n) is 6.20. The van der Waals surface area contributed by atoms with E-state index in [9.17, 15) is 14.8 Å². The van der Waals surface area contributed by atoms with E-state index < -0.39 is 12.6 Å². The lowest BCUT2D eigenvalue weighted by Crippen LogP contribution is -2.71. The Labute approximate surface area is 175 Å². The normalized spacial score (nSPS) is 17.5. The first-order valence-electron chi connectivity index (χ1n) is 10.0. The molecule has 0 aliphatic carbocycles. The van der Waals surface area contributed by atoms with Crippen molar-refractivity contribution in [2.45, 2.75) is 12.3 Å². The first-order chi connectivity index (χ1) is 14.2. The fraction of sp³-hybridized carbons (Fsp3) is 0.217. The molecule has 1 aliphatic rings. The second-order valence-corrected chi connectivity index (χ2v) is 8.56. The van der Waals surface area contributed by atoms with Crippen LogP contribution in [0.25, 0.3) is 16.8 Å². The molecular weight excluding hydrogens is 377 g/mol. The van der Waals surface area contributed by atoms with Crippen LogP contribution in [0.1, 0.15) is 22.6 Å². The molecule has 2 aromatic carbocycles. The highest BCUT2D eigenvalue weighted by Gasteiger charge is 2.44. The number of rotatable bonds is 5. The zero-order valence-electron chi connectivity index (χ0n) is 17.2. The standard InChI is InChI=1S/C23H26BN3O3/c1-27(2)10-8-19-13-18(5-6-22(19)24(27,29)30)21(14-25)23(28)12-16-3-4-20-15-26-9-7-17(20)11-16/h3-11,13,15,21,29-30H,12,14,25H2,1-2H3/t21-/m1/s1. The SMILES string of the molecule is C[N+]1(C)C=Cc2cc([C@@H](CN)C(=O)Cc3ccc4cnccc4c3)ccc2[B-]1(O)O. The van der Waals surface area contributed by atoms with Crippen molar-refractivity contribution < 1.29 is 19.2 Å². The molecule has 6 nitrogen and oxygen atoms in total. The summed E-state index contributed by atoms with van der Waals surface area (Å²) in [6, 6.07) is 13.2. The van der Waals surface area contributed by atoms with Gasteiger partial charge < -0.3 is 20.2 Å². The van der Waals surface area contributed by atoms with Crippen LogP contribution in [0.5, 0.6) is 0 Å². The predicted octanol–water partition coefficient (Wildman–Crippen LogP) is 1.28. The van der Waals surface area contributed by atoms with Crippen LogP contribution < -0.4 is 11.2 Å². The van der Waals surface area contributed by atoms with Gasteiger partial charge in [-0.3, -0.25) is 9.78 Å². The molecule has 0 unspecified atom stereocenters. The minimum absolute atomic E-state index is 0.0338. The van der Waals surface area contributed by atoms with Crippen molar-refractivity contribution in [2.75, 3.05) is 20.6 Å². The first kappa shape index (κ1) is 20.4. The summed E-state index contributed by atoms with van der Waals surface area (Å²) >= 11 is 0. The van der Waals surface area contributed by atoms with Gasteiger partial charge in [0.05, 0.1) is 12.1 Å². The van der Waals surface area contributed by atoms with E-state index in [1.165, 1.54) is 0 Å². The van der Waals surface area contributed by atoms with Crippen LogP contribution in [0.3, 0.4) is 0 Å². The van der Waals surface area contributed by atoms with Gasteiger partial charge >= 0.3 is 6.69 Å². The summed E-state index contributed by atoms with van der Waals surface area (Å²) in [5.74, 6) is -0.424. The van der Waals surface area contributed by atoms with Crippen LogP contribution in [-0.4, -0.2) is 52.5 Å². The van der Waals surface area contributed by atoms with E-state index in [1.807, 2.05) is 36.4 Å². The Morgan fingerprint density at radius 2 is 1.93 bits per heavy atom. The quantitative estimate of drug-likeness (QED) is 0.558. The molecule has 2 heterocycles. The minimum Gasteiger partial charge on any atom is -0.524 e. The summed E-state index contributed by atoms with van der Waals surface area (Å²) in [4.78, 5) is 17.2. The number of nitrogens with zero attached hydrogens (tertiary/aromatic N) is 2. The van der Waals surface area contributed by atoms with Crippen molar-refractivity contribution in [3.05, 3.63) is 77.7 Å². The monoisotopic (exact) mass is 403 g/mol. The molecule has 0 radical (unpaired) electrons. The molecule has 1 atom stereocenters. The molecule has 0 bridgehead atoms. The number of quaternary nitrogens is 1. The Morgan fingerprint density at radius 1 is 1.13 bits per heavy atom. The summed E-state index contributed by atoms with van der Waals surface area (Å²) in [6.07, 6.45) is 7.43. The fourth-order valence-electron chi connectivity index (χ4n) is 4.08. The van der Waals surface area contributed by atoms with Gasteiger partial charge in [-0.1, -0.05) is 41.9 Å². The molecule has 0 saturated heterocycles. The second kappa shape index (κ2) is 7.45. The lowest BCUT2D eigenvalue weighted by molar-refractivity contribution is -0.750. The molecule has 4 rings (SSSR count). The maximum absolute atomic E-state index is 13.1. The number of hydrogen-bond donors (Lipinski definition) is 3. The molecule has 0 saturated carbocycles. The largest absolute Gasteiger partial charge is 0.524 e. The molecule has 0 amide bonds. The van der Waals surface area contributed by atoms with Crippen LogP contribution in [-0.2, 0) is 11.2 Å². The maximum Gasteiger partial charge on any atom is 0.502 e. The lowest BCUT2D eigenvalue weighted by atomic mass is 9.57. The summed E-state index contributed by atoms with van der Waals surface area (Å²) in [7, 11) is 3.47. The average molecular weight is 403 g/mol. The number of aromatic nitrogens is 1. The van der Waals surface area contributed by atoms with Crippen LogP contribution in [0.15, 0.2) is 61.1 Å². The summed E-state index contributed by atoms with van der Waals surface area (Å²) in [6.45, 7) is -2.59. The fourth-order valence-corrected chi connectivity index (χ4v) is 4.08. The van der Waals surface area contributed by atoms with Crippen molar-refractivity contribution in [2.24, 2.45) is 5.73 Å². The Bertz CT molecular complexity index is 1160. The van der Waals surface area contributed by atoms with Crippen molar-refractivity contribution >= 4 is 34.8 Å². The van der Waals surface area contributed by atoms with Crippen LogP contribution >= 0.6 is 0 Å². The molecule has 4 N–H and O–H groups in total.